The molecule has 25 heavy (non-hydrogen) atoms. The number of aryl methyl sites for hydroxylation is 2. The summed E-state index contributed by atoms with van der Waals surface area (Å²) in [5, 5.41) is 2.94. The normalized spacial score (nSPS) is 15.3. The number of hydrogen-bond acceptors (Lipinski definition) is 1. The van der Waals surface area contributed by atoms with E-state index in [9.17, 15) is 0 Å². The molecule has 1 aromatic heterocycles. The number of hydrogen-bond donors (Lipinski definition) is 0. The summed E-state index contributed by atoms with van der Waals surface area (Å²) in [5.74, 6) is 0. The van der Waals surface area contributed by atoms with Gasteiger partial charge in [0.2, 0.25) is 0 Å². The average molecular weight is 373 g/mol. The number of fused-ring (bicyclic) bond motifs is 3. The zero-order valence-corrected chi connectivity index (χ0v) is 15.9. The van der Waals surface area contributed by atoms with Gasteiger partial charge in [-0.15, -0.1) is 0 Å². The summed E-state index contributed by atoms with van der Waals surface area (Å²) in [5.41, 5.74) is 5.60. The van der Waals surface area contributed by atoms with Gasteiger partial charge in [0, 0.05) is 52.7 Å². The first-order valence-corrected chi connectivity index (χ1v) is 9.60. The maximum absolute atomic E-state index is 6.30. The van der Waals surface area contributed by atoms with Crippen LogP contribution in [0.15, 0.2) is 42.5 Å². The Balaban J connectivity index is 1.73. The molecule has 0 atom stereocenters. The van der Waals surface area contributed by atoms with Crippen molar-refractivity contribution in [3.8, 4) is 0 Å². The first kappa shape index (κ1) is 17.0. The van der Waals surface area contributed by atoms with Crippen LogP contribution in [0.2, 0.25) is 10.0 Å². The van der Waals surface area contributed by atoms with Crippen molar-refractivity contribution in [1.82, 2.24) is 9.47 Å². The molecule has 0 unspecified atom stereocenters. The van der Waals surface area contributed by atoms with Crippen LogP contribution in [0.4, 0.5) is 0 Å². The highest BCUT2D eigenvalue weighted by Crippen LogP contribution is 2.31. The molecular weight excluding hydrogens is 351 g/mol. The van der Waals surface area contributed by atoms with Gasteiger partial charge < -0.3 is 9.47 Å². The molecule has 0 bridgehead atoms. The Hall–Kier alpha value is -1.48. The van der Waals surface area contributed by atoms with E-state index >= 15 is 0 Å². The molecular formula is C21H22Cl2N2. The van der Waals surface area contributed by atoms with Crippen LogP contribution in [-0.4, -0.2) is 29.6 Å². The van der Waals surface area contributed by atoms with Gasteiger partial charge in [0.25, 0.3) is 0 Å². The number of aromatic nitrogens is 1. The molecule has 2 heterocycles. The molecule has 0 saturated heterocycles. The van der Waals surface area contributed by atoms with Crippen molar-refractivity contribution < 1.29 is 0 Å². The maximum atomic E-state index is 6.30. The predicted molar refractivity (Wildman–Crippen MR) is 107 cm³/mol. The van der Waals surface area contributed by atoms with Crippen molar-refractivity contribution >= 4 is 34.1 Å². The van der Waals surface area contributed by atoms with Crippen molar-refractivity contribution in [2.45, 2.75) is 25.8 Å². The van der Waals surface area contributed by atoms with Gasteiger partial charge in [0.05, 0.1) is 0 Å². The molecule has 0 saturated carbocycles. The van der Waals surface area contributed by atoms with E-state index in [0.29, 0.717) is 0 Å². The van der Waals surface area contributed by atoms with E-state index in [1.807, 2.05) is 18.2 Å². The second-order valence-electron chi connectivity index (χ2n) is 6.92. The molecule has 0 amide bonds. The third-order valence-electron chi connectivity index (χ3n) is 5.26. The minimum Gasteiger partial charge on any atom is -0.344 e. The SMILES string of the molecule is CN1CCc2c(n(CCc3ccc(Cl)cc3)c3ccc(Cl)cc23)CC1. The van der Waals surface area contributed by atoms with Gasteiger partial charge in [-0.05, 0) is 61.3 Å². The maximum Gasteiger partial charge on any atom is 0.0486 e. The first-order valence-electron chi connectivity index (χ1n) is 8.84. The van der Waals surface area contributed by atoms with Crippen LogP contribution in [0, 0.1) is 0 Å². The van der Waals surface area contributed by atoms with Gasteiger partial charge >= 0.3 is 0 Å². The van der Waals surface area contributed by atoms with Crippen LogP contribution >= 0.6 is 23.2 Å². The van der Waals surface area contributed by atoms with Crippen molar-refractivity contribution in [2.75, 3.05) is 20.1 Å². The fraction of sp³-hybridized carbons (Fsp3) is 0.333. The lowest BCUT2D eigenvalue weighted by atomic mass is 10.1. The van der Waals surface area contributed by atoms with Crippen molar-refractivity contribution in [3.63, 3.8) is 0 Å². The molecule has 2 aromatic carbocycles. The molecule has 3 aromatic rings. The minimum atomic E-state index is 0.793. The van der Waals surface area contributed by atoms with E-state index < -0.39 is 0 Å². The molecule has 4 heteroatoms. The molecule has 4 rings (SSSR count). The van der Waals surface area contributed by atoms with Gasteiger partial charge in [0.15, 0.2) is 0 Å². The second-order valence-corrected chi connectivity index (χ2v) is 7.79. The van der Waals surface area contributed by atoms with Gasteiger partial charge in [0.1, 0.15) is 0 Å². The molecule has 0 N–H and O–H groups in total. The monoisotopic (exact) mass is 372 g/mol. The van der Waals surface area contributed by atoms with Crippen LogP contribution < -0.4 is 0 Å². The van der Waals surface area contributed by atoms with E-state index in [1.165, 1.54) is 27.7 Å². The summed E-state index contributed by atoms with van der Waals surface area (Å²) in [4.78, 5) is 2.42. The summed E-state index contributed by atoms with van der Waals surface area (Å²) < 4.78 is 2.51. The summed E-state index contributed by atoms with van der Waals surface area (Å²) in [6, 6.07) is 14.5. The Kier molecular flexibility index (Phi) is 4.77. The highest BCUT2D eigenvalue weighted by Gasteiger charge is 2.20. The number of likely N-dealkylation sites (N-methyl/N-ethyl adjacent to an activating group) is 1. The second kappa shape index (κ2) is 7.03. The number of nitrogens with zero attached hydrogens (tertiary/aromatic N) is 2. The molecule has 1 aliphatic rings. The third-order valence-corrected chi connectivity index (χ3v) is 5.75. The van der Waals surface area contributed by atoms with E-state index in [1.54, 1.807) is 0 Å². The van der Waals surface area contributed by atoms with Crippen LogP contribution in [0.3, 0.4) is 0 Å². The van der Waals surface area contributed by atoms with E-state index in [2.05, 4.69) is 40.8 Å². The smallest absolute Gasteiger partial charge is 0.0486 e. The molecule has 0 radical (unpaired) electrons. The summed E-state index contributed by atoms with van der Waals surface area (Å²) in [6.45, 7) is 3.20. The summed E-state index contributed by atoms with van der Waals surface area (Å²) in [6.07, 6.45) is 3.20. The average Bonchev–Trinajstić information content (AvgIpc) is 2.75. The van der Waals surface area contributed by atoms with Gasteiger partial charge in [-0.1, -0.05) is 35.3 Å². The zero-order valence-electron chi connectivity index (χ0n) is 14.4. The Morgan fingerprint density at radius 3 is 2.44 bits per heavy atom. The fourth-order valence-corrected chi connectivity index (χ4v) is 4.17. The zero-order chi connectivity index (χ0) is 17.4. The van der Waals surface area contributed by atoms with Crippen LogP contribution in [0.25, 0.3) is 10.9 Å². The van der Waals surface area contributed by atoms with Crippen LogP contribution in [0.1, 0.15) is 16.8 Å². The Labute approximate surface area is 159 Å². The molecule has 1 aliphatic heterocycles. The topological polar surface area (TPSA) is 8.17 Å². The standard InChI is InChI=1S/C21H22Cl2N2/c1-24-11-9-18-19-14-17(23)6-7-20(19)25(21(18)10-12-24)13-8-15-2-4-16(22)5-3-15/h2-7,14H,8-13H2,1H3. The van der Waals surface area contributed by atoms with Gasteiger partial charge in [-0.25, -0.2) is 0 Å². The van der Waals surface area contributed by atoms with Crippen molar-refractivity contribution in [2.24, 2.45) is 0 Å². The molecule has 2 nitrogen and oxygen atoms in total. The number of benzene rings is 2. The quantitative estimate of drug-likeness (QED) is 0.611. The van der Waals surface area contributed by atoms with Crippen molar-refractivity contribution in [3.05, 3.63) is 69.3 Å². The van der Waals surface area contributed by atoms with Crippen LogP contribution in [0.5, 0.6) is 0 Å². The number of rotatable bonds is 3. The molecule has 0 aliphatic carbocycles. The molecule has 0 spiro atoms. The minimum absolute atomic E-state index is 0.793. The molecule has 0 fully saturated rings. The van der Waals surface area contributed by atoms with E-state index in [0.717, 1.165) is 48.9 Å². The fourth-order valence-electron chi connectivity index (χ4n) is 3.87. The summed E-state index contributed by atoms with van der Waals surface area (Å²) >= 11 is 12.3. The summed E-state index contributed by atoms with van der Waals surface area (Å²) in [7, 11) is 2.21. The van der Waals surface area contributed by atoms with Crippen LogP contribution in [-0.2, 0) is 25.8 Å². The predicted octanol–water partition coefficient (Wildman–Crippen LogP) is 5.22. The Morgan fingerprint density at radius 1 is 0.920 bits per heavy atom. The van der Waals surface area contributed by atoms with Gasteiger partial charge in [-0.3, -0.25) is 0 Å². The number of halogens is 2. The van der Waals surface area contributed by atoms with Gasteiger partial charge in [-0.2, -0.15) is 0 Å². The van der Waals surface area contributed by atoms with E-state index in [4.69, 9.17) is 23.2 Å². The van der Waals surface area contributed by atoms with Crippen molar-refractivity contribution in [1.29, 1.82) is 0 Å². The largest absolute Gasteiger partial charge is 0.344 e. The Bertz CT molecular complexity index is 896. The lowest BCUT2D eigenvalue weighted by Gasteiger charge is -2.14. The van der Waals surface area contributed by atoms with E-state index in [-0.39, 0.29) is 0 Å². The molecule has 130 valence electrons. The first-order chi connectivity index (χ1) is 12.1. The Morgan fingerprint density at radius 2 is 1.64 bits per heavy atom. The third kappa shape index (κ3) is 3.44. The highest BCUT2D eigenvalue weighted by atomic mass is 35.5. The lowest BCUT2D eigenvalue weighted by Crippen LogP contribution is -2.21. The highest BCUT2D eigenvalue weighted by molar-refractivity contribution is 6.31. The lowest BCUT2D eigenvalue weighted by molar-refractivity contribution is 0.351.